The number of ether oxygens (including phenoxy) is 1. The van der Waals surface area contributed by atoms with Gasteiger partial charge in [-0.05, 0) is 40.9 Å². The van der Waals surface area contributed by atoms with Gasteiger partial charge in [0.05, 0.1) is 0 Å². The Morgan fingerprint density at radius 1 is 1.28 bits per heavy atom. The number of nitrogens with one attached hydrogen (secondary N) is 2. The number of nitrogens with zero attached hydrogens (tertiary/aromatic N) is 1. The van der Waals surface area contributed by atoms with Crippen LogP contribution in [0.5, 0.6) is 0 Å². The molecule has 0 atom stereocenters. The normalized spacial score (nSPS) is 19.0. The molecule has 0 radical (unpaired) electrons. The molecule has 0 unspecified atom stereocenters. The molecule has 3 rings (SSSR count). The Bertz CT molecular complexity index is 725. The Hall–Kier alpha value is -2.36. The summed E-state index contributed by atoms with van der Waals surface area (Å²) in [4.78, 5) is 48.1. The summed E-state index contributed by atoms with van der Waals surface area (Å²) in [6, 6.07) is 2.21. The molecule has 1 spiro atoms. The fraction of sp³-hybridized carbons (Fsp3) is 0.467. The summed E-state index contributed by atoms with van der Waals surface area (Å²) in [6.45, 7) is -0.652. The second-order valence-corrected chi connectivity index (χ2v) is 6.71. The molecule has 10 heteroatoms. The Morgan fingerprint density at radius 3 is 2.64 bits per heavy atom. The van der Waals surface area contributed by atoms with Gasteiger partial charge in [0, 0.05) is 0 Å². The number of urea groups is 1. The minimum Gasteiger partial charge on any atom is -0.450 e. The SMILES string of the molecule is O=C(COC(=O)c1ccc(Br)o1)NN1C(=O)NC2(CCCCC2)C1=O. The molecule has 25 heavy (non-hydrogen) atoms. The largest absolute Gasteiger partial charge is 0.450 e. The first-order valence-corrected chi connectivity index (χ1v) is 8.59. The number of esters is 1. The highest BCUT2D eigenvalue weighted by molar-refractivity contribution is 9.10. The van der Waals surface area contributed by atoms with Gasteiger partial charge in [0.25, 0.3) is 11.8 Å². The van der Waals surface area contributed by atoms with E-state index >= 15 is 0 Å². The molecule has 1 aliphatic carbocycles. The highest BCUT2D eigenvalue weighted by Crippen LogP contribution is 2.32. The van der Waals surface area contributed by atoms with E-state index in [0.29, 0.717) is 22.5 Å². The van der Waals surface area contributed by atoms with E-state index < -0.39 is 36.0 Å². The van der Waals surface area contributed by atoms with Crippen LogP contribution >= 0.6 is 15.9 Å². The van der Waals surface area contributed by atoms with Crippen molar-refractivity contribution < 1.29 is 28.3 Å². The third-order valence-corrected chi connectivity index (χ3v) is 4.64. The van der Waals surface area contributed by atoms with Crippen molar-refractivity contribution in [2.24, 2.45) is 0 Å². The Morgan fingerprint density at radius 2 is 2.00 bits per heavy atom. The van der Waals surface area contributed by atoms with Gasteiger partial charge < -0.3 is 14.5 Å². The standard InChI is InChI=1S/C15H16BrN3O6/c16-10-5-4-9(25-10)12(21)24-8-11(20)18-19-13(22)15(17-14(19)23)6-2-1-3-7-15/h4-5H,1-3,6-8H2,(H,17,23)(H,18,20). The fourth-order valence-corrected chi connectivity index (χ4v) is 3.31. The summed E-state index contributed by atoms with van der Waals surface area (Å²) in [7, 11) is 0. The minimum absolute atomic E-state index is 0.0733. The monoisotopic (exact) mass is 413 g/mol. The first-order chi connectivity index (χ1) is 11.9. The zero-order chi connectivity index (χ0) is 18.0. The maximum absolute atomic E-state index is 12.5. The van der Waals surface area contributed by atoms with Crippen molar-refractivity contribution in [2.75, 3.05) is 6.61 Å². The molecule has 1 saturated carbocycles. The van der Waals surface area contributed by atoms with Gasteiger partial charge in [0.2, 0.25) is 5.76 Å². The van der Waals surface area contributed by atoms with Crippen LogP contribution in [0.2, 0.25) is 0 Å². The molecule has 1 aromatic heterocycles. The quantitative estimate of drug-likeness (QED) is 0.570. The number of amides is 4. The molecule has 2 N–H and O–H groups in total. The van der Waals surface area contributed by atoms with Crippen LogP contribution in [-0.4, -0.2) is 41.0 Å². The highest BCUT2D eigenvalue weighted by Gasteiger charge is 2.52. The molecule has 0 aromatic carbocycles. The number of halogens is 1. The van der Waals surface area contributed by atoms with Crippen LogP contribution < -0.4 is 10.7 Å². The second kappa shape index (κ2) is 6.87. The van der Waals surface area contributed by atoms with Gasteiger partial charge >= 0.3 is 12.0 Å². The maximum Gasteiger partial charge on any atom is 0.374 e. The van der Waals surface area contributed by atoms with Crippen LogP contribution in [0.25, 0.3) is 0 Å². The number of furan rings is 1. The zero-order valence-electron chi connectivity index (χ0n) is 13.2. The van der Waals surface area contributed by atoms with E-state index in [1.54, 1.807) is 0 Å². The van der Waals surface area contributed by atoms with Crippen LogP contribution in [0.15, 0.2) is 21.2 Å². The van der Waals surface area contributed by atoms with E-state index in [9.17, 15) is 19.2 Å². The van der Waals surface area contributed by atoms with Crippen LogP contribution in [-0.2, 0) is 14.3 Å². The van der Waals surface area contributed by atoms with Crippen molar-refractivity contribution in [3.8, 4) is 0 Å². The molecule has 9 nitrogen and oxygen atoms in total. The Balaban J connectivity index is 1.55. The summed E-state index contributed by atoms with van der Waals surface area (Å²) < 4.78 is 10.1. The number of imide groups is 1. The number of carbonyl (C=O) groups excluding carboxylic acids is 4. The molecule has 2 aliphatic rings. The molecular formula is C15H16BrN3O6. The first kappa shape index (κ1) is 17.5. The molecule has 1 saturated heterocycles. The van der Waals surface area contributed by atoms with E-state index in [0.717, 1.165) is 19.3 Å². The molecule has 1 aromatic rings. The van der Waals surface area contributed by atoms with Crippen LogP contribution in [0, 0.1) is 0 Å². The van der Waals surface area contributed by atoms with Crippen molar-refractivity contribution >= 4 is 39.7 Å². The lowest BCUT2D eigenvalue weighted by molar-refractivity contribution is -0.140. The predicted molar refractivity (Wildman–Crippen MR) is 86.0 cm³/mol. The number of hydrazine groups is 1. The summed E-state index contributed by atoms with van der Waals surface area (Å²) >= 11 is 3.04. The lowest BCUT2D eigenvalue weighted by Gasteiger charge is -2.30. The summed E-state index contributed by atoms with van der Waals surface area (Å²) in [5.74, 6) is -2.18. The van der Waals surface area contributed by atoms with Gasteiger partial charge in [-0.15, -0.1) is 0 Å². The fourth-order valence-electron chi connectivity index (χ4n) is 3.00. The summed E-state index contributed by atoms with van der Waals surface area (Å²) in [5, 5.41) is 3.32. The van der Waals surface area contributed by atoms with E-state index in [2.05, 4.69) is 26.7 Å². The average molecular weight is 414 g/mol. The maximum atomic E-state index is 12.5. The lowest BCUT2D eigenvalue weighted by atomic mass is 9.82. The molecule has 2 fully saturated rings. The van der Waals surface area contributed by atoms with E-state index in [-0.39, 0.29) is 5.76 Å². The van der Waals surface area contributed by atoms with Gasteiger partial charge in [0.1, 0.15) is 5.54 Å². The zero-order valence-corrected chi connectivity index (χ0v) is 14.8. The Kier molecular flexibility index (Phi) is 4.80. The van der Waals surface area contributed by atoms with Crippen molar-refractivity contribution in [2.45, 2.75) is 37.6 Å². The predicted octanol–water partition coefficient (Wildman–Crippen LogP) is 1.48. The van der Waals surface area contributed by atoms with E-state index in [1.165, 1.54) is 12.1 Å². The smallest absolute Gasteiger partial charge is 0.374 e. The average Bonchev–Trinajstić information content (AvgIpc) is 3.11. The molecular weight excluding hydrogens is 398 g/mol. The Labute approximate surface area is 151 Å². The van der Waals surface area contributed by atoms with Gasteiger partial charge in [-0.1, -0.05) is 19.3 Å². The van der Waals surface area contributed by atoms with E-state index in [4.69, 9.17) is 9.15 Å². The van der Waals surface area contributed by atoms with Gasteiger partial charge in [0.15, 0.2) is 11.3 Å². The number of hydrogen-bond donors (Lipinski definition) is 2. The number of rotatable bonds is 4. The van der Waals surface area contributed by atoms with Crippen LogP contribution in [0.1, 0.15) is 42.7 Å². The molecule has 1 aliphatic heterocycles. The second-order valence-electron chi connectivity index (χ2n) is 5.93. The third kappa shape index (κ3) is 3.53. The minimum atomic E-state index is -0.931. The first-order valence-electron chi connectivity index (χ1n) is 7.80. The van der Waals surface area contributed by atoms with Gasteiger partial charge in [-0.2, -0.15) is 5.01 Å². The van der Waals surface area contributed by atoms with Crippen molar-refractivity contribution in [1.29, 1.82) is 0 Å². The van der Waals surface area contributed by atoms with Crippen molar-refractivity contribution in [1.82, 2.24) is 15.8 Å². The molecule has 134 valence electrons. The van der Waals surface area contributed by atoms with Crippen LogP contribution in [0.3, 0.4) is 0 Å². The number of hydrogen-bond acceptors (Lipinski definition) is 6. The lowest BCUT2D eigenvalue weighted by Crippen LogP contribution is -2.51. The molecule has 4 amide bonds. The van der Waals surface area contributed by atoms with Gasteiger partial charge in [-0.3, -0.25) is 15.0 Å². The summed E-state index contributed by atoms with van der Waals surface area (Å²) in [6.07, 6.45) is 3.78. The third-order valence-electron chi connectivity index (χ3n) is 4.21. The van der Waals surface area contributed by atoms with Crippen LogP contribution in [0.4, 0.5) is 4.79 Å². The van der Waals surface area contributed by atoms with Gasteiger partial charge in [-0.25, -0.2) is 9.59 Å². The van der Waals surface area contributed by atoms with E-state index in [1.807, 2.05) is 0 Å². The summed E-state index contributed by atoms with van der Waals surface area (Å²) in [5.41, 5.74) is 1.25. The van der Waals surface area contributed by atoms with Crippen molar-refractivity contribution in [3.05, 3.63) is 22.6 Å². The number of carbonyl (C=O) groups is 4. The highest BCUT2D eigenvalue weighted by atomic mass is 79.9. The molecule has 0 bridgehead atoms. The topological polar surface area (TPSA) is 118 Å². The van der Waals surface area contributed by atoms with Crippen molar-refractivity contribution in [3.63, 3.8) is 0 Å². The molecule has 2 heterocycles.